The van der Waals surface area contributed by atoms with E-state index in [-0.39, 0.29) is 0 Å². The van der Waals surface area contributed by atoms with Gasteiger partial charge in [-0.05, 0) is 34.9 Å². The molecular weight excluding hydrogens is 380 g/mol. The Morgan fingerprint density at radius 2 is 1.83 bits per heavy atom. The third-order valence-electron chi connectivity index (χ3n) is 5.35. The van der Waals surface area contributed by atoms with Crippen LogP contribution >= 0.6 is 0 Å². The predicted molar refractivity (Wildman–Crippen MR) is 114 cm³/mol. The van der Waals surface area contributed by atoms with Crippen molar-refractivity contribution < 1.29 is 9.90 Å². The van der Waals surface area contributed by atoms with Crippen molar-refractivity contribution in [1.29, 1.82) is 0 Å². The lowest BCUT2D eigenvalue weighted by Gasteiger charge is -2.15. The summed E-state index contributed by atoms with van der Waals surface area (Å²) in [5.41, 5.74) is 4.56. The Morgan fingerprint density at radius 1 is 1.07 bits per heavy atom. The van der Waals surface area contributed by atoms with E-state index in [4.69, 9.17) is 0 Å². The summed E-state index contributed by atoms with van der Waals surface area (Å²) in [7, 11) is 0. The van der Waals surface area contributed by atoms with E-state index in [9.17, 15) is 9.90 Å². The zero-order valence-electron chi connectivity index (χ0n) is 16.8. The quantitative estimate of drug-likeness (QED) is 0.398. The van der Waals surface area contributed by atoms with Gasteiger partial charge in [0.2, 0.25) is 5.82 Å². The minimum absolute atomic E-state index is 0.550. The Hall–Kier alpha value is -3.55. The van der Waals surface area contributed by atoms with E-state index in [1.54, 1.807) is 10.9 Å². The zero-order chi connectivity index (χ0) is 20.9. The Morgan fingerprint density at radius 3 is 2.53 bits per heavy atom. The largest absolute Gasteiger partial charge is 0.480 e. The molecular formula is C22H24N6O2. The van der Waals surface area contributed by atoms with Crippen molar-refractivity contribution in [2.75, 3.05) is 0 Å². The van der Waals surface area contributed by atoms with E-state index < -0.39 is 12.0 Å². The highest BCUT2D eigenvalue weighted by Crippen LogP contribution is 2.28. The van der Waals surface area contributed by atoms with Crippen LogP contribution in [0.1, 0.15) is 45.1 Å². The number of nitrogens with one attached hydrogen (secondary N) is 1. The molecule has 8 nitrogen and oxygen atoms in total. The van der Waals surface area contributed by atoms with E-state index in [1.807, 2.05) is 42.5 Å². The van der Waals surface area contributed by atoms with Crippen molar-refractivity contribution in [2.24, 2.45) is 0 Å². The van der Waals surface area contributed by atoms with Gasteiger partial charge in [-0.25, -0.2) is 9.78 Å². The fourth-order valence-electron chi connectivity index (χ4n) is 3.70. The summed E-state index contributed by atoms with van der Waals surface area (Å²) in [6.45, 7) is 2.15. The van der Waals surface area contributed by atoms with Crippen LogP contribution in [0.15, 0.2) is 48.8 Å². The van der Waals surface area contributed by atoms with Gasteiger partial charge in [-0.2, -0.15) is 5.21 Å². The maximum atomic E-state index is 11.9. The van der Waals surface area contributed by atoms with Crippen LogP contribution in [0.4, 0.5) is 0 Å². The van der Waals surface area contributed by atoms with Crippen LogP contribution in [0, 0.1) is 0 Å². The molecule has 0 fully saturated rings. The first-order valence-electron chi connectivity index (χ1n) is 10.2. The maximum Gasteiger partial charge on any atom is 0.326 e. The number of hydrogen-bond donors (Lipinski definition) is 2. The lowest BCUT2D eigenvalue weighted by Crippen LogP contribution is -2.18. The number of fused-ring (bicyclic) bond motifs is 1. The minimum Gasteiger partial charge on any atom is -0.480 e. The molecule has 4 aromatic rings. The summed E-state index contributed by atoms with van der Waals surface area (Å²) < 4.78 is 1.78. The molecule has 0 amide bonds. The summed E-state index contributed by atoms with van der Waals surface area (Å²) in [4.78, 5) is 16.3. The van der Waals surface area contributed by atoms with Crippen LogP contribution < -0.4 is 0 Å². The average molecular weight is 404 g/mol. The number of benzene rings is 2. The standard InChI is InChI=1S/C22H24N6O2/c1-2-3-4-5-6-20(22(29)30)28-14-23-18-13-17(11-12-19(18)28)15-7-9-16(10-8-15)21-24-26-27-25-21/h7-14,20H,2-6H2,1H3,(H,29,30)(H,24,25,26,27). The maximum absolute atomic E-state index is 11.9. The van der Waals surface area contributed by atoms with E-state index in [2.05, 4.69) is 32.5 Å². The number of aromatic nitrogens is 6. The van der Waals surface area contributed by atoms with Gasteiger partial charge in [0.05, 0.1) is 17.4 Å². The van der Waals surface area contributed by atoms with Crippen LogP contribution in [0.3, 0.4) is 0 Å². The Bertz CT molecular complexity index is 1120. The molecule has 30 heavy (non-hydrogen) atoms. The molecule has 0 saturated heterocycles. The molecule has 0 radical (unpaired) electrons. The summed E-state index contributed by atoms with van der Waals surface area (Å²) in [5.74, 6) is -0.263. The number of carboxylic acids is 1. The minimum atomic E-state index is -0.813. The van der Waals surface area contributed by atoms with Crippen molar-refractivity contribution >= 4 is 17.0 Å². The third kappa shape index (κ3) is 4.07. The third-order valence-corrected chi connectivity index (χ3v) is 5.35. The number of carboxylic acid groups (broad SMARTS) is 1. The molecule has 154 valence electrons. The molecule has 2 aromatic heterocycles. The second-order valence-corrected chi connectivity index (χ2v) is 7.37. The molecule has 4 rings (SSSR count). The lowest BCUT2D eigenvalue weighted by molar-refractivity contribution is -0.141. The van der Waals surface area contributed by atoms with Crippen LogP contribution in [0.5, 0.6) is 0 Å². The van der Waals surface area contributed by atoms with E-state index >= 15 is 0 Å². The van der Waals surface area contributed by atoms with Crippen molar-refractivity contribution in [3.8, 4) is 22.5 Å². The molecule has 0 saturated carbocycles. The van der Waals surface area contributed by atoms with Crippen LogP contribution in [0.2, 0.25) is 0 Å². The SMILES string of the molecule is CCCCCCC(C(=O)O)n1cnc2cc(-c3ccc(-c4nn[nH]n4)cc3)ccc21. The highest BCUT2D eigenvalue weighted by atomic mass is 16.4. The highest BCUT2D eigenvalue weighted by Gasteiger charge is 2.21. The summed E-state index contributed by atoms with van der Waals surface area (Å²) in [6.07, 6.45) is 6.47. The molecule has 1 unspecified atom stereocenters. The molecule has 1 atom stereocenters. The highest BCUT2D eigenvalue weighted by molar-refractivity contribution is 5.84. The van der Waals surface area contributed by atoms with Gasteiger partial charge in [0.1, 0.15) is 6.04 Å². The van der Waals surface area contributed by atoms with Gasteiger partial charge in [-0.1, -0.05) is 62.9 Å². The molecule has 0 aliphatic rings. The molecule has 0 aliphatic carbocycles. The summed E-state index contributed by atoms with van der Waals surface area (Å²) >= 11 is 0. The smallest absolute Gasteiger partial charge is 0.326 e. The number of unbranched alkanes of at least 4 members (excludes halogenated alkanes) is 3. The number of hydrogen-bond acceptors (Lipinski definition) is 5. The lowest BCUT2D eigenvalue weighted by atomic mass is 10.0. The van der Waals surface area contributed by atoms with Crippen LogP contribution in [-0.2, 0) is 4.79 Å². The van der Waals surface area contributed by atoms with Crippen molar-refractivity contribution in [1.82, 2.24) is 30.2 Å². The van der Waals surface area contributed by atoms with E-state index in [0.29, 0.717) is 12.2 Å². The van der Waals surface area contributed by atoms with E-state index in [0.717, 1.165) is 53.4 Å². The zero-order valence-corrected chi connectivity index (χ0v) is 16.8. The van der Waals surface area contributed by atoms with Gasteiger partial charge in [0, 0.05) is 5.56 Å². The molecule has 2 aromatic carbocycles. The number of rotatable bonds is 9. The number of aliphatic carboxylic acids is 1. The van der Waals surface area contributed by atoms with Gasteiger partial charge in [0.15, 0.2) is 0 Å². The molecule has 8 heteroatoms. The van der Waals surface area contributed by atoms with Crippen LogP contribution in [-0.4, -0.2) is 41.3 Å². The number of aromatic amines is 1. The van der Waals surface area contributed by atoms with Crippen molar-refractivity contribution in [3.05, 3.63) is 48.8 Å². The van der Waals surface area contributed by atoms with Gasteiger partial charge in [-0.3, -0.25) is 0 Å². The van der Waals surface area contributed by atoms with Crippen molar-refractivity contribution in [2.45, 2.75) is 45.1 Å². The number of tetrazole rings is 1. The monoisotopic (exact) mass is 404 g/mol. The molecule has 0 aliphatic heterocycles. The normalized spacial score (nSPS) is 12.3. The van der Waals surface area contributed by atoms with Crippen LogP contribution in [0.25, 0.3) is 33.5 Å². The molecule has 2 N–H and O–H groups in total. The fourth-order valence-corrected chi connectivity index (χ4v) is 3.70. The molecule has 0 bridgehead atoms. The first-order chi connectivity index (χ1) is 14.7. The van der Waals surface area contributed by atoms with Gasteiger partial charge in [0.25, 0.3) is 0 Å². The Balaban J connectivity index is 1.57. The number of imidazole rings is 1. The number of nitrogens with zero attached hydrogens (tertiary/aromatic N) is 5. The number of carbonyl (C=O) groups is 1. The summed E-state index contributed by atoms with van der Waals surface area (Å²) in [6, 6.07) is 13.2. The topological polar surface area (TPSA) is 110 Å². The Kier molecular flexibility index (Phi) is 5.83. The first-order valence-corrected chi connectivity index (χ1v) is 10.2. The molecule has 2 heterocycles. The predicted octanol–water partition coefficient (Wildman–Crippen LogP) is 4.48. The summed E-state index contributed by atoms with van der Waals surface area (Å²) in [5, 5.41) is 23.7. The second-order valence-electron chi connectivity index (χ2n) is 7.37. The Labute approximate surface area is 174 Å². The molecule has 0 spiro atoms. The van der Waals surface area contributed by atoms with Gasteiger partial charge < -0.3 is 9.67 Å². The fraction of sp³-hybridized carbons (Fsp3) is 0.318. The average Bonchev–Trinajstić information content (AvgIpc) is 3.44. The van der Waals surface area contributed by atoms with Gasteiger partial charge >= 0.3 is 5.97 Å². The number of H-pyrrole nitrogens is 1. The van der Waals surface area contributed by atoms with E-state index in [1.165, 1.54) is 0 Å². The second kappa shape index (κ2) is 8.86. The van der Waals surface area contributed by atoms with Crippen molar-refractivity contribution in [3.63, 3.8) is 0 Å². The van der Waals surface area contributed by atoms with Gasteiger partial charge in [-0.15, -0.1) is 10.2 Å². The first kappa shape index (κ1) is 19.8.